The lowest BCUT2D eigenvalue weighted by Crippen LogP contribution is -2.59. The molecule has 12 aliphatic rings. The Bertz CT molecular complexity index is 1320. The molecule has 3 aliphatic heterocycles. The minimum atomic E-state index is 0.555. The maximum Gasteiger partial charge on any atom is 0.0766 e. The zero-order chi connectivity index (χ0) is 35.3. The SMILES string of the molecule is C1CCC2C(C1)CC(C1CCC(N(C3CCC4C(C3)SC3CCCCC34)C3CCCC4C5CCC6SC7CCCCC7C6C5OC43)CC1)C1CCCCC21. The largest absolute Gasteiger partial charge is 0.372 e. The number of hydrogen-bond acceptors (Lipinski definition) is 4. The van der Waals surface area contributed by atoms with E-state index >= 15 is 0 Å². The molecule has 0 spiro atoms. The summed E-state index contributed by atoms with van der Waals surface area (Å²) in [6.45, 7) is 0. The molecule has 0 radical (unpaired) electrons. The van der Waals surface area contributed by atoms with Gasteiger partial charge < -0.3 is 4.74 Å². The molecule has 54 heavy (non-hydrogen) atoms. The van der Waals surface area contributed by atoms with Gasteiger partial charge in [0.1, 0.15) is 0 Å². The third-order valence-corrected chi connectivity index (χ3v) is 24.5. The topological polar surface area (TPSA) is 12.5 Å². The highest BCUT2D eigenvalue weighted by Crippen LogP contribution is 2.63. The minimum absolute atomic E-state index is 0.555. The van der Waals surface area contributed by atoms with Gasteiger partial charge in [0.15, 0.2) is 0 Å². The van der Waals surface area contributed by atoms with E-state index in [0.29, 0.717) is 12.2 Å². The van der Waals surface area contributed by atoms with E-state index < -0.39 is 0 Å². The average Bonchev–Trinajstić information content (AvgIpc) is 3.92. The van der Waals surface area contributed by atoms with Crippen molar-refractivity contribution in [3.05, 3.63) is 0 Å². The van der Waals surface area contributed by atoms with Crippen LogP contribution in [0.4, 0.5) is 0 Å². The van der Waals surface area contributed by atoms with E-state index in [1.807, 2.05) is 0 Å². The molecule has 0 bridgehead atoms. The molecule has 2 nitrogen and oxygen atoms in total. The molecular weight excluding hydrogens is 695 g/mol. The lowest BCUT2D eigenvalue weighted by Gasteiger charge is -2.55. The summed E-state index contributed by atoms with van der Waals surface area (Å²) in [5, 5.41) is 3.88. The van der Waals surface area contributed by atoms with Gasteiger partial charge in [-0.15, -0.1) is 0 Å². The summed E-state index contributed by atoms with van der Waals surface area (Å²) >= 11 is 4.99. The highest BCUT2D eigenvalue weighted by Gasteiger charge is 2.61. The fourth-order valence-corrected chi connectivity index (χ4v) is 23.2. The molecule has 9 aliphatic carbocycles. The molecule has 3 saturated heterocycles. The van der Waals surface area contributed by atoms with Crippen molar-refractivity contribution in [1.82, 2.24) is 4.90 Å². The smallest absolute Gasteiger partial charge is 0.0766 e. The third-order valence-electron chi connectivity index (χ3n) is 20.9. The highest BCUT2D eigenvalue weighted by atomic mass is 32.2. The second kappa shape index (κ2) is 15.3. The van der Waals surface area contributed by atoms with E-state index in [9.17, 15) is 0 Å². The molecule has 12 rings (SSSR count). The second-order valence-electron chi connectivity index (χ2n) is 22.7. The quantitative estimate of drug-likeness (QED) is 0.282. The van der Waals surface area contributed by atoms with E-state index in [4.69, 9.17) is 4.74 Å². The van der Waals surface area contributed by atoms with E-state index in [1.54, 1.807) is 83.5 Å². The maximum atomic E-state index is 7.84. The zero-order valence-electron chi connectivity index (χ0n) is 34.3. The molecule has 4 heteroatoms. The number of rotatable bonds is 4. The van der Waals surface area contributed by atoms with Crippen LogP contribution in [0, 0.1) is 71.0 Å². The van der Waals surface area contributed by atoms with Crippen LogP contribution in [0.3, 0.4) is 0 Å². The number of nitrogens with zero attached hydrogens (tertiary/aromatic N) is 1. The molecule has 0 aromatic rings. The Balaban J connectivity index is 0.808. The van der Waals surface area contributed by atoms with E-state index in [1.165, 1.54) is 103 Å². The molecule has 9 saturated carbocycles. The van der Waals surface area contributed by atoms with Gasteiger partial charge in [-0.05, 0) is 187 Å². The zero-order valence-corrected chi connectivity index (χ0v) is 35.9. The second-order valence-corrected chi connectivity index (χ2v) is 25.7. The molecule has 0 aromatic carbocycles. The fourth-order valence-electron chi connectivity index (χ4n) is 19.0. The predicted octanol–water partition coefficient (Wildman–Crippen LogP) is 13.0. The van der Waals surface area contributed by atoms with Crippen molar-refractivity contribution in [2.75, 3.05) is 0 Å². The normalized spacial score (nSPS) is 56.7. The average molecular weight is 774 g/mol. The Morgan fingerprint density at radius 1 is 0.333 bits per heavy atom. The lowest BCUT2D eigenvalue weighted by molar-refractivity contribution is -0.101. The maximum absolute atomic E-state index is 7.84. The van der Waals surface area contributed by atoms with Crippen molar-refractivity contribution < 1.29 is 4.74 Å². The molecule has 302 valence electrons. The van der Waals surface area contributed by atoms with Crippen LogP contribution >= 0.6 is 23.5 Å². The van der Waals surface area contributed by atoms with Crippen molar-refractivity contribution in [1.29, 1.82) is 0 Å². The number of hydrogen-bond donors (Lipinski definition) is 0. The van der Waals surface area contributed by atoms with Crippen molar-refractivity contribution in [2.45, 2.75) is 238 Å². The molecule has 0 N–H and O–H groups in total. The van der Waals surface area contributed by atoms with Crippen molar-refractivity contribution in [2.24, 2.45) is 71.0 Å². The van der Waals surface area contributed by atoms with E-state index in [0.717, 1.165) is 110 Å². The van der Waals surface area contributed by atoms with Crippen molar-refractivity contribution >= 4 is 23.5 Å². The van der Waals surface area contributed by atoms with Gasteiger partial charge in [0.05, 0.1) is 12.2 Å². The van der Waals surface area contributed by atoms with Crippen LogP contribution in [-0.2, 0) is 4.74 Å². The van der Waals surface area contributed by atoms with Crippen LogP contribution in [0.15, 0.2) is 0 Å². The summed E-state index contributed by atoms with van der Waals surface area (Å²) in [6.07, 6.45) is 45.8. The Hall–Kier alpha value is 0.620. The molecule has 19 unspecified atom stereocenters. The summed E-state index contributed by atoms with van der Waals surface area (Å²) in [4.78, 5) is 3.40. The third kappa shape index (κ3) is 6.18. The minimum Gasteiger partial charge on any atom is -0.372 e. The van der Waals surface area contributed by atoms with Crippen LogP contribution in [0.2, 0.25) is 0 Å². The monoisotopic (exact) mass is 774 g/mol. The van der Waals surface area contributed by atoms with Crippen LogP contribution in [-0.4, -0.2) is 56.2 Å². The highest BCUT2D eigenvalue weighted by molar-refractivity contribution is 8.01. The molecule has 0 amide bonds. The summed E-state index contributed by atoms with van der Waals surface area (Å²) in [5.74, 6) is 12.3. The van der Waals surface area contributed by atoms with Crippen molar-refractivity contribution in [3.63, 3.8) is 0 Å². The molecule has 12 fully saturated rings. The fraction of sp³-hybridized carbons (Fsp3) is 1.00. The van der Waals surface area contributed by atoms with E-state index in [2.05, 4.69) is 28.4 Å². The Morgan fingerprint density at radius 3 is 1.76 bits per heavy atom. The van der Waals surface area contributed by atoms with Gasteiger partial charge in [0.2, 0.25) is 0 Å². The van der Waals surface area contributed by atoms with Gasteiger partial charge in [0, 0.05) is 45.0 Å². The van der Waals surface area contributed by atoms with Gasteiger partial charge >= 0.3 is 0 Å². The molecule has 3 heterocycles. The van der Waals surface area contributed by atoms with Gasteiger partial charge in [-0.1, -0.05) is 64.2 Å². The summed E-state index contributed by atoms with van der Waals surface area (Å²) in [6, 6.07) is 2.41. The number of thioether (sulfide) groups is 2. The van der Waals surface area contributed by atoms with Crippen LogP contribution < -0.4 is 0 Å². The first-order valence-electron chi connectivity index (χ1n) is 25.5. The van der Waals surface area contributed by atoms with Crippen LogP contribution in [0.5, 0.6) is 0 Å². The van der Waals surface area contributed by atoms with Gasteiger partial charge in [-0.3, -0.25) is 4.90 Å². The molecular formula is C50H79NOS2. The summed E-state index contributed by atoms with van der Waals surface area (Å²) in [5.41, 5.74) is 0. The van der Waals surface area contributed by atoms with Gasteiger partial charge in [-0.25, -0.2) is 0 Å². The van der Waals surface area contributed by atoms with Crippen LogP contribution in [0.1, 0.15) is 186 Å². The summed E-state index contributed by atoms with van der Waals surface area (Å²) < 4.78 is 7.84. The number of fused-ring (bicyclic) bond motifs is 13. The van der Waals surface area contributed by atoms with E-state index in [-0.39, 0.29) is 0 Å². The standard InChI is InChI=1S/C50H79NOS2/c1-2-11-34-31(10-1)28-42(36-13-4-3-12-35(34)36)30-20-22-32(23-21-30)51(33-24-25-38-37-14-5-7-18-44(37)54-47(38)29-33)43-17-9-16-39-40-26-27-46-48(50(40)52-49(39)43)41-15-6-8-19-45(41)53-46/h30-50H,1-29H2. The Kier molecular flexibility index (Phi) is 10.3. The molecule has 19 atom stereocenters. The van der Waals surface area contributed by atoms with Gasteiger partial charge in [0.25, 0.3) is 0 Å². The van der Waals surface area contributed by atoms with Crippen molar-refractivity contribution in [3.8, 4) is 0 Å². The van der Waals surface area contributed by atoms with Crippen LogP contribution in [0.25, 0.3) is 0 Å². The predicted molar refractivity (Wildman–Crippen MR) is 228 cm³/mol. The summed E-state index contributed by atoms with van der Waals surface area (Å²) in [7, 11) is 0. The first-order valence-corrected chi connectivity index (χ1v) is 27.4. The lowest BCUT2D eigenvalue weighted by atomic mass is 9.51. The number of ether oxygens (including phenoxy) is 1. The van der Waals surface area contributed by atoms with Gasteiger partial charge in [-0.2, -0.15) is 23.5 Å². The first kappa shape index (κ1) is 36.5. The molecule has 0 aromatic heterocycles. The Morgan fingerprint density at radius 2 is 0.926 bits per heavy atom. The first-order chi connectivity index (χ1) is 26.8. The Labute approximate surface area is 340 Å².